The zero-order valence-electron chi connectivity index (χ0n) is 57.1. The molecule has 82 heavy (non-hydrogen) atoms. The third-order valence-electron chi connectivity index (χ3n) is 10.4. The SMILES string of the molecule is C/C=C/C(=O)C(C)(C)C.C=C(F)C(=O)C(C)(C)C.C=CC(=O)C(C)(C)C.C=CS(=O)(=O)C(C)(C)C.CC#CC(=O)C(C)(C)C.CC(=O)/C=C/C(=O)C(C)(C)C.CC(C)(C)C(=O)/C=C/CN1CCCCC1.CN(C)C/C=C/C(=O)C(C)(C)C. The fourth-order valence-electron chi connectivity index (χ4n) is 4.43. The molecule has 0 bridgehead atoms. The minimum Gasteiger partial charge on any atom is -0.306 e. The van der Waals surface area contributed by atoms with Crippen LogP contribution in [0.3, 0.4) is 0 Å². The molecule has 14 heteroatoms. The van der Waals surface area contributed by atoms with Gasteiger partial charge in [0.2, 0.25) is 5.78 Å². The van der Waals surface area contributed by atoms with Gasteiger partial charge in [-0.3, -0.25) is 43.3 Å². The van der Waals surface area contributed by atoms with Crippen LogP contribution in [0.1, 0.15) is 206 Å². The number of hydrogen-bond donors (Lipinski definition) is 0. The highest BCUT2D eigenvalue weighted by Gasteiger charge is 2.26. The van der Waals surface area contributed by atoms with Crippen molar-refractivity contribution in [3.63, 3.8) is 0 Å². The van der Waals surface area contributed by atoms with E-state index < -0.39 is 31.6 Å². The van der Waals surface area contributed by atoms with Crippen LogP contribution in [0.4, 0.5) is 4.39 Å². The van der Waals surface area contributed by atoms with Crippen LogP contribution >= 0.6 is 0 Å². The van der Waals surface area contributed by atoms with E-state index in [9.17, 15) is 51.2 Å². The number of piperidine rings is 1. The highest BCUT2D eigenvalue weighted by atomic mass is 32.2. The largest absolute Gasteiger partial charge is 0.306 e. The van der Waals surface area contributed by atoms with Gasteiger partial charge in [-0.05, 0) is 124 Å². The summed E-state index contributed by atoms with van der Waals surface area (Å²) in [6.45, 7) is 62.5. The molecule has 1 fully saturated rings. The summed E-state index contributed by atoms with van der Waals surface area (Å²) in [5, 5.41) is 0.993. The molecule has 0 unspecified atom stereocenters. The molecule has 0 spiro atoms. The second-order valence-corrected chi connectivity index (χ2v) is 30.6. The lowest BCUT2D eigenvalue weighted by atomic mass is 9.90. The average molecular weight is 1170 g/mol. The van der Waals surface area contributed by atoms with Crippen LogP contribution in [0.2, 0.25) is 0 Å². The second kappa shape index (κ2) is 41.8. The molecule has 0 aromatic carbocycles. The predicted octanol–water partition coefficient (Wildman–Crippen LogP) is 15.1. The molecule has 1 aliphatic heterocycles. The number of allylic oxidation sites excluding steroid dienone is 8. The van der Waals surface area contributed by atoms with Crippen molar-refractivity contribution in [3.8, 4) is 11.8 Å². The monoisotopic (exact) mass is 1170 g/mol. The summed E-state index contributed by atoms with van der Waals surface area (Å²) in [6, 6.07) is 0. The Morgan fingerprint density at radius 2 is 0.890 bits per heavy atom. The first-order chi connectivity index (χ1) is 36.3. The van der Waals surface area contributed by atoms with Crippen molar-refractivity contribution in [1.82, 2.24) is 9.80 Å². The molecule has 1 heterocycles. The third kappa shape index (κ3) is 55.4. The number of nitrogens with zero attached hydrogens (tertiary/aromatic N) is 2. The number of Topliss-reactive ketones (excluding diaryl/α,β-unsaturated/α-hetero) is 2. The molecular weight excluding hydrogens is 1060 g/mol. The van der Waals surface area contributed by atoms with Gasteiger partial charge in [-0.25, -0.2) is 12.8 Å². The van der Waals surface area contributed by atoms with Crippen LogP contribution in [0, 0.1) is 49.7 Å². The Morgan fingerprint density at radius 1 is 0.537 bits per heavy atom. The Hall–Kier alpha value is -5.10. The highest BCUT2D eigenvalue weighted by Crippen LogP contribution is 2.21. The number of rotatable bonds is 12. The lowest BCUT2D eigenvalue weighted by Crippen LogP contribution is -2.30. The van der Waals surface area contributed by atoms with Gasteiger partial charge in [0.1, 0.15) is 0 Å². The van der Waals surface area contributed by atoms with Gasteiger partial charge >= 0.3 is 0 Å². The van der Waals surface area contributed by atoms with E-state index in [4.69, 9.17) is 0 Å². The van der Waals surface area contributed by atoms with Crippen molar-refractivity contribution in [3.05, 3.63) is 85.7 Å². The smallest absolute Gasteiger partial charge is 0.210 e. The number of sulfone groups is 1. The molecule has 0 aromatic heterocycles. The Balaban J connectivity index is -0.000000158. The van der Waals surface area contributed by atoms with Crippen molar-refractivity contribution in [2.75, 3.05) is 40.3 Å². The maximum atomic E-state index is 12.0. The number of hydrogen-bond acceptors (Lipinski definition) is 12. The molecule has 0 N–H and O–H groups in total. The Morgan fingerprint density at radius 3 is 1.09 bits per heavy atom. The summed E-state index contributed by atoms with van der Waals surface area (Å²) in [7, 11) is 0.884. The first kappa shape index (κ1) is 90.7. The predicted molar refractivity (Wildman–Crippen MR) is 346 cm³/mol. The van der Waals surface area contributed by atoms with E-state index >= 15 is 0 Å². The fraction of sp³-hybridized carbons (Fsp3) is 0.647. The number of halogens is 1. The topological polar surface area (TPSA) is 177 Å². The molecular formula is C68H117FN2O10S. The van der Waals surface area contributed by atoms with Gasteiger partial charge in [0, 0.05) is 56.4 Å². The van der Waals surface area contributed by atoms with Gasteiger partial charge in [-0.1, -0.05) is 196 Å². The van der Waals surface area contributed by atoms with Gasteiger partial charge in [-0.2, -0.15) is 0 Å². The van der Waals surface area contributed by atoms with Crippen molar-refractivity contribution in [1.29, 1.82) is 0 Å². The van der Waals surface area contributed by atoms with E-state index in [1.165, 1.54) is 57.5 Å². The number of likely N-dealkylation sites (N-methyl/N-ethyl adjacent to an activating group) is 1. The zero-order valence-corrected chi connectivity index (χ0v) is 57.9. The molecule has 0 saturated carbocycles. The molecule has 0 aliphatic carbocycles. The molecule has 1 saturated heterocycles. The first-order valence-corrected chi connectivity index (χ1v) is 29.4. The summed E-state index contributed by atoms with van der Waals surface area (Å²) in [6.07, 6.45) is 18.7. The molecule has 0 aromatic rings. The van der Waals surface area contributed by atoms with Crippen LogP contribution in [-0.2, 0) is 48.2 Å². The number of likely N-dealkylation sites (tertiary alicyclic amines) is 1. The van der Waals surface area contributed by atoms with Crippen LogP contribution in [0.25, 0.3) is 0 Å². The molecule has 0 atom stereocenters. The van der Waals surface area contributed by atoms with Crippen molar-refractivity contribution < 1.29 is 51.2 Å². The van der Waals surface area contributed by atoms with Gasteiger partial charge in [0.25, 0.3) is 0 Å². The third-order valence-corrected chi connectivity index (χ3v) is 12.6. The lowest BCUT2D eigenvalue weighted by Gasteiger charge is -2.24. The maximum Gasteiger partial charge on any atom is 0.210 e. The Bertz CT molecular complexity index is 2320. The van der Waals surface area contributed by atoms with E-state index in [1.807, 2.05) is 163 Å². The molecule has 0 amide bonds. The number of ketones is 8. The summed E-state index contributed by atoms with van der Waals surface area (Å²) in [5.74, 6) is 4.26. The number of carbonyl (C=O) groups excluding carboxylic acids is 8. The van der Waals surface area contributed by atoms with Crippen LogP contribution in [0.15, 0.2) is 85.7 Å². The number of carbonyl (C=O) groups is 8. The van der Waals surface area contributed by atoms with Crippen LogP contribution < -0.4 is 0 Å². The molecule has 0 radical (unpaired) electrons. The van der Waals surface area contributed by atoms with Crippen molar-refractivity contribution >= 4 is 56.1 Å². The Kier molecular flexibility index (Phi) is 46.2. The van der Waals surface area contributed by atoms with Gasteiger partial charge in [-0.15, -0.1) is 0 Å². The molecule has 1 aliphatic rings. The van der Waals surface area contributed by atoms with Gasteiger partial charge in [0.15, 0.2) is 56.1 Å². The van der Waals surface area contributed by atoms with E-state index in [-0.39, 0.29) is 73.0 Å². The zero-order chi connectivity index (χ0) is 67.3. The van der Waals surface area contributed by atoms with Crippen molar-refractivity contribution in [2.45, 2.75) is 211 Å². The van der Waals surface area contributed by atoms with Gasteiger partial charge < -0.3 is 4.90 Å². The van der Waals surface area contributed by atoms with Crippen LogP contribution in [0.5, 0.6) is 0 Å². The summed E-state index contributed by atoms with van der Waals surface area (Å²) in [4.78, 5) is 92.2. The standard InChI is InChI=1S/C13H23NO.C10H19NO.C9H14O2.C8H14O.C8H12O.C7H11FO.C7H12O.C6H12O2S/c1-13(2,3)12(15)8-7-11-14-9-5-4-6-10-14;1-10(2,3)9(12)7-6-8-11(4)5;1-7(10)5-6-8(11)9(2,3)4;2*1-5-6-7(9)8(2,3)4;1-5(8)6(9)7(2,3)4;1-5-6(8)7(2,3)4;1-5-9(7,8)6(2,3)4/h7-8H,4-6,9-11H2,1-3H3;6-7H,8H2,1-5H3;5-6H,1-4H3;5-6H,1-4H3;1-4H3;1H2,2-4H3;5H,1H2,2-4H3;5H,1H2,2-4H3/b8-7+;7-6+;2*6-5+;;;;. The van der Waals surface area contributed by atoms with Crippen LogP contribution in [-0.4, -0.2) is 110 Å². The van der Waals surface area contributed by atoms with E-state index in [2.05, 4.69) is 36.5 Å². The fourth-order valence-corrected chi connectivity index (χ4v) is 4.93. The lowest BCUT2D eigenvalue weighted by molar-refractivity contribution is -0.124. The molecule has 472 valence electrons. The minimum atomic E-state index is -3.07. The van der Waals surface area contributed by atoms with Crippen molar-refractivity contribution in [2.24, 2.45) is 37.9 Å². The van der Waals surface area contributed by atoms with Gasteiger partial charge in [0.05, 0.1) is 4.75 Å². The maximum absolute atomic E-state index is 12.0. The first-order valence-electron chi connectivity index (χ1n) is 27.9. The highest BCUT2D eigenvalue weighted by molar-refractivity contribution is 7.95. The van der Waals surface area contributed by atoms with E-state index in [0.29, 0.717) is 0 Å². The molecule has 1 rings (SSSR count). The quantitative estimate of drug-likeness (QED) is 0.103. The summed E-state index contributed by atoms with van der Waals surface area (Å²) < 4.78 is 33.2. The molecule has 12 nitrogen and oxygen atoms in total. The Labute approximate surface area is 501 Å². The second-order valence-electron chi connectivity index (χ2n) is 27.9. The summed E-state index contributed by atoms with van der Waals surface area (Å²) in [5.41, 5.74) is -2.27. The minimum absolute atomic E-state index is 0.00463. The van der Waals surface area contributed by atoms with E-state index in [1.54, 1.807) is 72.8 Å². The summed E-state index contributed by atoms with van der Waals surface area (Å²) >= 11 is 0. The normalized spacial score (nSPS) is 13.3. The van der Waals surface area contributed by atoms with E-state index in [0.717, 1.165) is 18.5 Å². The average Bonchev–Trinajstić information content (AvgIpc) is 3.29.